The highest BCUT2D eigenvalue weighted by atomic mass is 32.2. The normalized spacial score (nSPS) is 16.7. The molecule has 3 aliphatic heterocycles. The number of hydrogen-bond acceptors (Lipinski definition) is 10. The first-order valence-electron chi connectivity index (χ1n) is 23.5. The molecule has 11 rings (SSSR count). The Bertz CT molecular complexity index is 3330. The zero-order valence-electron chi connectivity index (χ0n) is 39.0. The number of nitrogens with one attached hydrogen (secondary N) is 1. The lowest BCUT2D eigenvalue weighted by atomic mass is 9.91. The van der Waals surface area contributed by atoms with E-state index in [1.165, 1.54) is 11.0 Å². The Morgan fingerprint density at radius 3 is 2.04 bits per heavy atom. The highest BCUT2D eigenvalue weighted by Crippen LogP contribution is 2.62. The van der Waals surface area contributed by atoms with Crippen molar-refractivity contribution >= 4 is 40.5 Å². The summed E-state index contributed by atoms with van der Waals surface area (Å²) in [6.45, 7) is 2.32. The number of benzene rings is 7. The maximum Gasteiger partial charge on any atom is 0.356 e. The van der Waals surface area contributed by atoms with Crippen molar-refractivity contribution in [2.45, 2.75) is 55.1 Å². The van der Waals surface area contributed by atoms with Gasteiger partial charge in [0.05, 0.1) is 13.5 Å². The Morgan fingerprint density at radius 1 is 0.718 bits per heavy atom. The summed E-state index contributed by atoms with van der Waals surface area (Å²) in [5.74, 6) is 1.12. The van der Waals surface area contributed by atoms with Crippen molar-refractivity contribution in [1.29, 1.82) is 0 Å². The van der Waals surface area contributed by atoms with Crippen molar-refractivity contribution in [1.82, 2.24) is 10.2 Å². The number of ether oxygens (including phenoxy) is 4. The van der Waals surface area contributed by atoms with Crippen LogP contribution in [0.15, 0.2) is 190 Å². The third kappa shape index (κ3) is 9.03. The summed E-state index contributed by atoms with van der Waals surface area (Å²) < 4.78 is 30.5. The number of carbonyl (C=O) groups is 3. The van der Waals surface area contributed by atoms with Gasteiger partial charge in [-0.3, -0.25) is 19.3 Å². The van der Waals surface area contributed by atoms with Gasteiger partial charge in [0.1, 0.15) is 58.9 Å². The molecule has 6 aromatic rings. The van der Waals surface area contributed by atoms with E-state index in [1.54, 1.807) is 24.9 Å². The van der Waals surface area contributed by atoms with E-state index < -0.39 is 28.2 Å². The Morgan fingerprint density at radius 2 is 1.37 bits per heavy atom. The van der Waals surface area contributed by atoms with Crippen LogP contribution in [0.4, 0.5) is 0 Å². The Kier molecular flexibility index (Phi) is 12.1. The fraction of sp³-hybridized carbons (Fsp3) is 0.186. The molecule has 5 aliphatic rings. The topological polar surface area (TPSA) is 134 Å². The highest BCUT2D eigenvalue weighted by molar-refractivity contribution is 8.02. The van der Waals surface area contributed by atoms with Crippen LogP contribution in [-0.2, 0) is 32.1 Å². The Labute approximate surface area is 414 Å². The molecule has 1 saturated carbocycles. The summed E-state index contributed by atoms with van der Waals surface area (Å²) in [6.07, 6.45) is 0.932. The van der Waals surface area contributed by atoms with Gasteiger partial charge in [-0.25, -0.2) is 4.79 Å². The molecule has 0 aromatic heterocycles. The van der Waals surface area contributed by atoms with Crippen LogP contribution >= 0.6 is 11.8 Å². The van der Waals surface area contributed by atoms with Gasteiger partial charge >= 0.3 is 5.97 Å². The van der Waals surface area contributed by atoms with Crippen LogP contribution in [0.25, 0.3) is 33.4 Å². The minimum Gasteiger partial charge on any atom is -0.497 e. The predicted octanol–water partition coefficient (Wildman–Crippen LogP) is 10.6. The van der Waals surface area contributed by atoms with Crippen LogP contribution < -0.4 is 25.0 Å². The zero-order valence-corrected chi connectivity index (χ0v) is 39.8. The zero-order chi connectivity index (χ0) is 48.6. The van der Waals surface area contributed by atoms with Crippen molar-refractivity contribution in [3.05, 3.63) is 219 Å². The summed E-state index contributed by atoms with van der Waals surface area (Å²) in [5.41, 5.74) is 8.39. The van der Waals surface area contributed by atoms with E-state index >= 15 is 0 Å². The van der Waals surface area contributed by atoms with Gasteiger partial charge < -0.3 is 28.7 Å². The van der Waals surface area contributed by atoms with Crippen molar-refractivity contribution < 1.29 is 37.7 Å². The van der Waals surface area contributed by atoms with E-state index in [0.29, 0.717) is 28.4 Å². The summed E-state index contributed by atoms with van der Waals surface area (Å²) in [4.78, 5) is 56.3. The van der Waals surface area contributed by atoms with Gasteiger partial charge in [0.2, 0.25) is 5.91 Å². The lowest BCUT2D eigenvalue weighted by molar-refractivity contribution is -0.154. The smallest absolute Gasteiger partial charge is 0.356 e. The minimum absolute atomic E-state index is 0.0390. The van der Waals surface area contributed by atoms with Gasteiger partial charge in [-0.2, -0.15) is 0 Å². The first kappa shape index (κ1) is 45.4. The fourth-order valence-corrected chi connectivity index (χ4v) is 11.3. The second kappa shape index (κ2) is 19.0. The second-order valence-electron chi connectivity index (χ2n) is 18.0. The lowest BCUT2D eigenvalue weighted by Crippen LogP contribution is -2.71. The molecule has 6 aromatic carbocycles. The number of amides is 2. The van der Waals surface area contributed by atoms with Gasteiger partial charge in [-0.15, -0.1) is 11.8 Å². The molecule has 1 spiro atoms. The van der Waals surface area contributed by atoms with E-state index in [4.69, 9.17) is 23.4 Å². The molecule has 2 amide bonds. The number of aryl methyl sites for hydroxylation is 1. The number of nitrogens with zero attached hydrogens (tertiary/aromatic N) is 1. The molecule has 0 bridgehead atoms. The third-order valence-electron chi connectivity index (χ3n) is 13.4. The first-order valence-corrected chi connectivity index (χ1v) is 24.4. The number of thioether (sulfide) groups is 1. The molecule has 0 radical (unpaired) electrons. The van der Waals surface area contributed by atoms with E-state index in [0.717, 1.165) is 68.5 Å². The average Bonchev–Trinajstić information content (AvgIpc) is 4.18. The van der Waals surface area contributed by atoms with Crippen LogP contribution in [0.5, 0.6) is 17.2 Å². The third-order valence-corrected chi connectivity index (χ3v) is 15.2. The number of carbonyl (C=O) groups excluding carboxylic acids is 3. The Balaban J connectivity index is 0.838. The summed E-state index contributed by atoms with van der Waals surface area (Å²) in [5, 5.41) is 3.35. The lowest BCUT2D eigenvalue weighted by Gasteiger charge is -2.52. The summed E-state index contributed by atoms with van der Waals surface area (Å²) in [6, 6.07) is 51.7. The fourth-order valence-electron chi connectivity index (χ4n) is 9.60. The average molecular weight is 961 g/mol. The molecular formula is C59H48N2O9S. The minimum atomic E-state index is -0.801. The summed E-state index contributed by atoms with van der Waals surface area (Å²) >= 11 is 1.60. The van der Waals surface area contributed by atoms with E-state index in [-0.39, 0.29) is 42.6 Å². The maximum atomic E-state index is 14.8. The van der Waals surface area contributed by atoms with Crippen molar-refractivity contribution in [3.63, 3.8) is 0 Å². The number of methoxy groups -OCH3 is 1. The molecule has 2 aliphatic carbocycles. The van der Waals surface area contributed by atoms with Gasteiger partial charge in [-0.05, 0) is 102 Å². The molecule has 1 N–H and O–H groups in total. The van der Waals surface area contributed by atoms with Crippen molar-refractivity contribution in [2.24, 2.45) is 0 Å². The van der Waals surface area contributed by atoms with Crippen LogP contribution in [0.2, 0.25) is 0 Å². The molecule has 0 unspecified atom stereocenters. The molecule has 12 heteroatoms. The van der Waals surface area contributed by atoms with E-state index in [9.17, 15) is 19.2 Å². The number of rotatable bonds is 15. The molecule has 2 fully saturated rings. The number of fused-ring (bicyclic) bond motifs is 3. The second-order valence-corrected chi connectivity index (χ2v) is 19.5. The molecule has 1 saturated heterocycles. The number of hydrogen-bond donors (Lipinski definition) is 1. The van der Waals surface area contributed by atoms with Gasteiger partial charge in [-0.1, -0.05) is 109 Å². The van der Waals surface area contributed by atoms with Crippen molar-refractivity contribution in [2.75, 3.05) is 13.7 Å². The predicted molar refractivity (Wildman–Crippen MR) is 272 cm³/mol. The first-order chi connectivity index (χ1) is 34.6. The van der Waals surface area contributed by atoms with Crippen LogP contribution in [0, 0.1) is 6.92 Å². The van der Waals surface area contributed by atoms with Crippen LogP contribution in [-0.4, -0.2) is 52.6 Å². The Hall–Kier alpha value is -8.09. The van der Waals surface area contributed by atoms with Crippen molar-refractivity contribution in [3.8, 4) is 39.7 Å². The standard InChI is InChI=1S/C59H48N2O9S/c1-36-30-43(66-2)23-26-45(36)52-46-25-20-41(62)32-49(46)69-50-33-44(24-27-47(50)52)67-34-38-18-21-42(22-19-38)68-35-48-54(58(65)70-55(39-14-8-4-9-15-39)40-16-10-5-11-17-40)61-56(64)53(57(61)71-59(48)28-29-59)60-51(63)31-37-12-6-3-7-13-37/h3-27,30,32-33,53,55,57H,28-29,31,34-35H2,1-2H3,(H,60,63)/t53-,57-/m1/s1. The molecule has 354 valence electrons. The number of β-lactam (4-membered cyclic amide) rings is 1. The van der Waals surface area contributed by atoms with Gasteiger partial charge in [0, 0.05) is 39.0 Å². The maximum absolute atomic E-state index is 14.8. The van der Waals surface area contributed by atoms with E-state index in [2.05, 4.69) is 5.32 Å². The summed E-state index contributed by atoms with van der Waals surface area (Å²) in [7, 11) is 1.64. The SMILES string of the molecule is COc1ccc(-c2c3ccc(=O)cc-3oc3cc(OCc4ccc(OCC5=C(C(=O)OC(c6ccccc6)c6ccccc6)N6C(=O)[C@@H](NC(=O)Cc7ccccc7)[C@H]6SC56CC6)cc4)ccc23)c(C)c1. The molecule has 11 nitrogen and oxygen atoms in total. The molecule has 2 atom stereocenters. The molecular weight excluding hydrogens is 913 g/mol. The van der Waals surface area contributed by atoms with Gasteiger partial charge in [0.25, 0.3) is 5.91 Å². The largest absolute Gasteiger partial charge is 0.497 e. The quantitative estimate of drug-likeness (QED) is 0.0601. The van der Waals surface area contributed by atoms with Crippen LogP contribution in [0.1, 0.15) is 46.8 Å². The van der Waals surface area contributed by atoms with Crippen LogP contribution in [0.3, 0.4) is 0 Å². The number of esters is 1. The van der Waals surface area contributed by atoms with E-state index in [1.807, 2.05) is 165 Å². The molecule has 71 heavy (non-hydrogen) atoms. The van der Waals surface area contributed by atoms with Gasteiger partial charge in [0.15, 0.2) is 11.5 Å². The molecule has 3 heterocycles. The monoisotopic (exact) mass is 960 g/mol. The highest BCUT2D eigenvalue weighted by Gasteiger charge is 2.64.